The van der Waals surface area contributed by atoms with Gasteiger partial charge >= 0.3 is 0 Å². The van der Waals surface area contributed by atoms with Crippen LogP contribution in [0, 0.1) is 0 Å². The van der Waals surface area contributed by atoms with Gasteiger partial charge < -0.3 is 20.5 Å². The number of nitrogen functional groups attached to an aromatic ring is 1. The van der Waals surface area contributed by atoms with Crippen LogP contribution >= 0.6 is 0 Å². The number of carbonyl (C=O) groups is 1. The Morgan fingerprint density at radius 3 is 2.88 bits per heavy atom. The van der Waals surface area contributed by atoms with Crippen molar-refractivity contribution in [2.45, 2.75) is 20.0 Å². The van der Waals surface area contributed by atoms with Crippen molar-refractivity contribution in [2.75, 3.05) is 24.8 Å². The van der Waals surface area contributed by atoms with E-state index in [-0.39, 0.29) is 12.0 Å². The molecule has 0 aliphatic heterocycles. The standard InChI is InChI=1S/C11H17N3O3/c1-7(16-3)6-17-10-5-13-11(4-9(10)12)14-8(2)15/h4-5,7H,6H2,1-3H3,(H3,12,13,14,15). The van der Waals surface area contributed by atoms with Crippen LogP contribution in [-0.2, 0) is 9.53 Å². The van der Waals surface area contributed by atoms with Crippen LogP contribution in [0.4, 0.5) is 11.5 Å². The van der Waals surface area contributed by atoms with E-state index in [0.29, 0.717) is 23.9 Å². The summed E-state index contributed by atoms with van der Waals surface area (Å²) in [6.07, 6.45) is 1.45. The first-order chi connectivity index (χ1) is 8.02. The molecular formula is C11H17N3O3. The molecule has 0 aromatic carbocycles. The highest BCUT2D eigenvalue weighted by molar-refractivity contribution is 5.88. The molecule has 3 N–H and O–H groups in total. The highest BCUT2D eigenvalue weighted by atomic mass is 16.5. The van der Waals surface area contributed by atoms with Gasteiger partial charge in [-0.05, 0) is 6.92 Å². The Balaban J connectivity index is 2.66. The van der Waals surface area contributed by atoms with E-state index in [0.717, 1.165) is 0 Å². The van der Waals surface area contributed by atoms with Crippen LogP contribution in [0.1, 0.15) is 13.8 Å². The summed E-state index contributed by atoms with van der Waals surface area (Å²) >= 11 is 0. The number of aromatic nitrogens is 1. The molecule has 0 fully saturated rings. The quantitative estimate of drug-likeness (QED) is 0.801. The largest absolute Gasteiger partial charge is 0.487 e. The number of anilines is 2. The van der Waals surface area contributed by atoms with E-state index < -0.39 is 0 Å². The van der Waals surface area contributed by atoms with Gasteiger partial charge in [0.05, 0.1) is 18.0 Å². The predicted molar refractivity (Wildman–Crippen MR) is 64.9 cm³/mol. The van der Waals surface area contributed by atoms with Gasteiger partial charge in [0.1, 0.15) is 12.4 Å². The normalized spacial score (nSPS) is 11.9. The van der Waals surface area contributed by atoms with E-state index in [2.05, 4.69) is 10.3 Å². The molecule has 0 radical (unpaired) electrons. The maximum absolute atomic E-state index is 10.8. The Morgan fingerprint density at radius 2 is 2.35 bits per heavy atom. The monoisotopic (exact) mass is 239 g/mol. The molecule has 6 nitrogen and oxygen atoms in total. The number of nitrogens with one attached hydrogen (secondary N) is 1. The van der Waals surface area contributed by atoms with Gasteiger partial charge in [0.25, 0.3) is 0 Å². The zero-order chi connectivity index (χ0) is 12.8. The van der Waals surface area contributed by atoms with E-state index in [1.807, 2.05) is 6.92 Å². The average Bonchev–Trinajstić information content (AvgIpc) is 2.26. The van der Waals surface area contributed by atoms with Crippen molar-refractivity contribution in [3.8, 4) is 5.75 Å². The number of hydrogen-bond donors (Lipinski definition) is 2. The fourth-order valence-corrected chi connectivity index (χ4v) is 1.10. The minimum Gasteiger partial charge on any atom is -0.487 e. The van der Waals surface area contributed by atoms with Gasteiger partial charge in [-0.2, -0.15) is 0 Å². The van der Waals surface area contributed by atoms with Crippen molar-refractivity contribution in [1.82, 2.24) is 4.98 Å². The Labute approximate surface area is 100 Å². The predicted octanol–water partition coefficient (Wildman–Crippen LogP) is 1.04. The lowest BCUT2D eigenvalue weighted by Crippen LogP contribution is -2.16. The lowest BCUT2D eigenvalue weighted by atomic mass is 10.3. The molecule has 0 saturated heterocycles. The average molecular weight is 239 g/mol. The maximum atomic E-state index is 10.8. The molecule has 6 heteroatoms. The molecule has 0 aliphatic rings. The number of nitrogens with zero attached hydrogens (tertiary/aromatic N) is 1. The first-order valence-electron chi connectivity index (χ1n) is 5.21. The third-order valence-corrected chi connectivity index (χ3v) is 2.08. The topological polar surface area (TPSA) is 86.5 Å². The van der Waals surface area contributed by atoms with Crippen molar-refractivity contribution in [2.24, 2.45) is 0 Å². The third-order valence-electron chi connectivity index (χ3n) is 2.08. The Kier molecular flexibility index (Phi) is 4.71. The number of methoxy groups -OCH3 is 1. The molecule has 0 saturated carbocycles. The Morgan fingerprint density at radius 1 is 1.65 bits per heavy atom. The molecule has 1 unspecified atom stereocenters. The molecule has 0 aliphatic carbocycles. The zero-order valence-electron chi connectivity index (χ0n) is 10.2. The summed E-state index contributed by atoms with van der Waals surface area (Å²) in [5.41, 5.74) is 6.19. The lowest BCUT2D eigenvalue weighted by molar-refractivity contribution is -0.114. The molecule has 1 amide bonds. The summed E-state index contributed by atoms with van der Waals surface area (Å²) in [6.45, 7) is 3.68. The van der Waals surface area contributed by atoms with Gasteiger partial charge in [-0.15, -0.1) is 0 Å². The van der Waals surface area contributed by atoms with Crippen LogP contribution in [0.2, 0.25) is 0 Å². The SMILES string of the molecule is COC(C)COc1cnc(NC(C)=O)cc1N. The van der Waals surface area contributed by atoms with Crippen LogP contribution in [-0.4, -0.2) is 30.7 Å². The molecule has 1 heterocycles. The van der Waals surface area contributed by atoms with Gasteiger partial charge in [0.15, 0.2) is 5.75 Å². The number of nitrogens with two attached hydrogens (primary N) is 1. The number of pyridine rings is 1. The second kappa shape index (κ2) is 6.05. The smallest absolute Gasteiger partial charge is 0.222 e. The van der Waals surface area contributed by atoms with Gasteiger partial charge in [0, 0.05) is 20.1 Å². The van der Waals surface area contributed by atoms with E-state index in [1.54, 1.807) is 13.2 Å². The number of hydrogen-bond acceptors (Lipinski definition) is 5. The van der Waals surface area contributed by atoms with E-state index >= 15 is 0 Å². The molecule has 94 valence electrons. The fourth-order valence-electron chi connectivity index (χ4n) is 1.10. The van der Waals surface area contributed by atoms with E-state index in [1.165, 1.54) is 13.1 Å². The van der Waals surface area contributed by atoms with Crippen molar-refractivity contribution < 1.29 is 14.3 Å². The highest BCUT2D eigenvalue weighted by Crippen LogP contribution is 2.22. The minimum absolute atomic E-state index is 0.0237. The molecule has 1 atom stereocenters. The van der Waals surface area contributed by atoms with Gasteiger partial charge in [0.2, 0.25) is 5.91 Å². The van der Waals surface area contributed by atoms with E-state index in [4.69, 9.17) is 15.2 Å². The zero-order valence-corrected chi connectivity index (χ0v) is 10.2. The van der Waals surface area contributed by atoms with Crippen molar-refractivity contribution in [1.29, 1.82) is 0 Å². The first kappa shape index (κ1) is 13.2. The van der Waals surface area contributed by atoms with Crippen molar-refractivity contribution in [3.63, 3.8) is 0 Å². The van der Waals surface area contributed by atoms with Crippen LogP contribution in [0.15, 0.2) is 12.3 Å². The Bertz CT molecular complexity index is 396. The summed E-state index contributed by atoms with van der Waals surface area (Å²) in [5.74, 6) is 0.684. The summed E-state index contributed by atoms with van der Waals surface area (Å²) < 4.78 is 10.5. The number of amides is 1. The number of rotatable bonds is 5. The fraction of sp³-hybridized carbons (Fsp3) is 0.455. The maximum Gasteiger partial charge on any atom is 0.222 e. The first-order valence-corrected chi connectivity index (χ1v) is 5.21. The number of ether oxygens (including phenoxy) is 2. The van der Waals surface area contributed by atoms with Crippen LogP contribution < -0.4 is 15.8 Å². The van der Waals surface area contributed by atoms with Crippen molar-refractivity contribution in [3.05, 3.63) is 12.3 Å². The minimum atomic E-state index is -0.196. The number of carbonyl (C=O) groups excluding carboxylic acids is 1. The van der Waals surface area contributed by atoms with Crippen LogP contribution in [0.25, 0.3) is 0 Å². The lowest BCUT2D eigenvalue weighted by Gasteiger charge is -2.13. The second-order valence-electron chi connectivity index (χ2n) is 3.65. The molecule has 17 heavy (non-hydrogen) atoms. The molecule has 1 rings (SSSR count). The van der Waals surface area contributed by atoms with Crippen LogP contribution in [0.3, 0.4) is 0 Å². The summed E-state index contributed by atoms with van der Waals surface area (Å²) in [6, 6.07) is 1.55. The van der Waals surface area contributed by atoms with E-state index in [9.17, 15) is 4.79 Å². The highest BCUT2D eigenvalue weighted by Gasteiger charge is 2.06. The summed E-state index contributed by atoms with van der Waals surface area (Å²) in [4.78, 5) is 14.8. The van der Waals surface area contributed by atoms with Gasteiger partial charge in [-0.1, -0.05) is 0 Å². The van der Waals surface area contributed by atoms with Crippen LogP contribution in [0.5, 0.6) is 5.75 Å². The van der Waals surface area contributed by atoms with Gasteiger partial charge in [-0.3, -0.25) is 4.79 Å². The van der Waals surface area contributed by atoms with Gasteiger partial charge in [-0.25, -0.2) is 4.98 Å². The summed E-state index contributed by atoms with van der Waals surface area (Å²) in [5, 5.41) is 2.54. The Hall–Kier alpha value is -1.82. The molecule has 0 spiro atoms. The molecule has 1 aromatic rings. The molecule has 0 bridgehead atoms. The summed E-state index contributed by atoms with van der Waals surface area (Å²) in [7, 11) is 1.61. The molecule has 1 aromatic heterocycles. The van der Waals surface area contributed by atoms with Crippen molar-refractivity contribution >= 4 is 17.4 Å². The third kappa shape index (κ3) is 4.28. The molecular weight excluding hydrogens is 222 g/mol. The second-order valence-corrected chi connectivity index (χ2v) is 3.65.